The Morgan fingerprint density at radius 2 is 2.09 bits per heavy atom. The van der Waals surface area contributed by atoms with Gasteiger partial charge in [-0.1, -0.05) is 34.1 Å². The molecule has 0 saturated heterocycles. The molecule has 0 N–H and O–H groups in total. The molecule has 0 fully saturated rings. The lowest BCUT2D eigenvalue weighted by atomic mass is 10.1. The van der Waals surface area contributed by atoms with Crippen LogP contribution >= 0.6 is 15.9 Å². The molecule has 1 aromatic carbocycles. The second-order valence-corrected chi connectivity index (χ2v) is 2.74. The molecule has 1 rings (SSSR count). The molecule has 60 valence electrons. The van der Waals surface area contributed by atoms with Crippen LogP contribution in [0.2, 0.25) is 0 Å². The standard InChI is InChI=1S/C8H7BrF2/c9-5-6-2-1-3-7(4-6)8(10)11/h1-4,8H,5H2. The van der Waals surface area contributed by atoms with E-state index in [1.54, 1.807) is 12.1 Å². The molecule has 0 heterocycles. The number of hydrogen-bond donors (Lipinski definition) is 0. The predicted octanol–water partition coefficient (Wildman–Crippen LogP) is 3.52. The van der Waals surface area contributed by atoms with E-state index in [2.05, 4.69) is 15.9 Å². The summed E-state index contributed by atoms with van der Waals surface area (Å²) in [6.45, 7) is 0. The SMILES string of the molecule is FC(F)c1cccc(CBr)c1. The third-order valence-corrected chi connectivity index (χ3v) is 2.00. The van der Waals surface area contributed by atoms with Gasteiger partial charge in [0.25, 0.3) is 6.43 Å². The minimum atomic E-state index is -2.37. The zero-order valence-corrected chi connectivity index (χ0v) is 7.31. The largest absolute Gasteiger partial charge is 0.263 e. The molecule has 0 aliphatic heterocycles. The van der Waals surface area contributed by atoms with E-state index in [1.165, 1.54) is 12.1 Å². The molecule has 0 saturated carbocycles. The van der Waals surface area contributed by atoms with Crippen LogP contribution in [0.5, 0.6) is 0 Å². The molecule has 0 spiro atoms. The van der Waals surface area contributed by atoms with Crippen LogP contribution in [0.4, 0.5) is 8.78 Å². The summed E-state index contributed by atoms with van der Waals surface area (Å²) in [5, 5.41) is 0.619. The molecule has 1 aromatic rings. The lowest BCUT2D eigenvalue weighted by Crippen LogP contribution is -1.85. The molecule has 0 amide bonds. The minimum Gasteiger partial charge on any atom is -0.205 e. The zero-order chi connectivity index (χ0) is 8.27. The van der Waals surface area contributed by atoms with Crippen LogP contribution in [0.15, 0.2) is 24.3 Å². The molecule has 0 unspecified atom stereocenters. The first-order valence-electron chi connectivity index (χ1n) is 3.17. The fraction of sp³-hybridized carbons (Fsp3) is 0.250. The maximum atomic E-state index is 12.1. The summed E-state index contributed by atoms with van der Waals surface area (Å²) in [7, 11) is 0. The van der Waals surface area contributed by atoms with Gasteiger partial charge in [0.05, 0.1) is 0 Å². The molecule has 11 heavy (non-hydrogen) atoms. The van der Waals surface area contributed by atoms with Gasteiger partial charge in [-0.25, -0.2) is 8.78 Å². The Morgan fingerprint density at radius 1 is 1.36 bits per heavy atom. The van der Waals surface area contributed by atoms with Crippen molar-refractivity contribution < 1.29 is 8.78 Å². The van der Waals surface area contributed by atoms with Crippen molar-refractivity contribution in [2.24, 2.45) is 0 Å². The van der Waals surface area contributed by atoms with Crippen LogP contribution in [0.25, 0.3) is 0 Å². The van der Waals surface area contributed by atoms with Crippen molar-refractivity contribution in [3.8, 4) is 0 Å². The first kappa shape index (κ1) is 8.65. The van der Waals surface area contributed by atoms with Crippen LogP contribution in [0.1, 0.15) is 17.6 Å². The molecule has 0 atom stereocenters. The predicted molar refractivity (Wildman–Crippen MR) is 44.0 cm³/mol. The Balaban J connectivity index is 2.91. The van der Waals surface area contributed by atoms with Crippen molar-refractivity contribution in [3.63, 3.8) is 0 Å². The van der Waals surface area contributed by atoms with Crippen molar-refractivity contribution in [2.45, 2.75) is 11.8 Å². The highest BCUT2D eigenvalue weighted by Gasteiger charge is 2.05. The molecule has 3 heteroatoms. The van der Waals surface area contributed by atoms with Gasteiger partial charge in [0, 0.05) is 10.9 Å². The Bertz CT molecular complexity index is 235. The second-order valence-electron chi connectivity index (χ2n) is 2.18. The highest BCUT2D eigenvalue weighted by molar-refractivity contribution is 9.08. The van der Waals surface area contributed by atoms with Gasteiger partial charge in [-0.2, -0.15) is 0 Å². The van der Waals surface area contributed by atoms with Gasteiger partial charge in [-0.05, 0) is 11.6 Å². The monoisotopic (exact) mass is 220 g/mol. The van der Waals surface area contributed by atoms with E-state index in [0.29, 0.717) is 5.33 Å². The molecule has 0 aliphatic carbocycles. The summed E-state index contributed by atoms with van der Waals surface area (Å²) in [5.41, 5.74) is 0.963. The topological polar surface area (TPSA) is 0 Å². The van der Waals surface area contributed by atoms with E-state index < -0.39 is 6.43 Å². The number of halogens is 3. The van der Waals surface area contributed by atoms with E-state index >= 15 is 0 Å². The summed E-state index contributed by atoms with van der Waals surface area (Å²) < 4.78 is 24.1. The van der Waals surface area contributed by atoms with E-state index in [1.807, 2.05) is 0 Å². The van der Waals surface area contributed by atoms with Crippen LogP contribution in [-0.2, 0) is 5.33 Å². The average Bonchev–Trinajstić information content (AvgIpc) is 2.05. The van der Waals surface area contributed by atoms with Gasteiger partial charge in [-0.15, -0.1) is 0 Å². The first-order valence-corrected chi connectivity index (χ1v) is 4.29. The Morgan fingerprint density at radius 3 is 2.64 bits per heavy atom. The van der Waals surface area contributed by atoms with Crippen LogP contribution in [0.3, 0.4) is 0 Å². The minimum absolute atomic E-state index is 0.0851. The lowest BCUT2D eigenvalue weighted by Gasteiger charge is -2.00. The number of benzene rings is 1. The van der Waals surface area contributed by atoms with Gasteiger partial charge < -0.3 is 0 Å². The van der Waals surface area contributed by atoms with Gasteiger partial charge >= 0.3 is 0 Å². The van der Waals surface area contributed by atoms with Gasteiger partial charge in [0.15, 0.2) is 0 Å². The summed E-state index contributed by atoms with van der Waals surface area (Å²) in [4.78, 5) is 0. The van der Waals surface area contributed by atoms with Crippen molar-refractivity contribution in [3.05, 3.63) is 35.4 Å². The summed E-state index contributed by atoms with van der Waals surface area (Å²) in [6, 6.07) is 6.37. The zero-order valence-electron chi connectivity index (χ0n) is 5.73. The fourth-order valence-corrected chi connectivity index (χ4v) is 1.16. The highest BCUT2D eigenvalue weighted by Crippen LogP contribution is 2.20. The molecule has 0 aromatic heterocycles. The van der Waals surface area contributed by atoms with E-state index in [4.69, 9.17) is 0 Å². The summed E-state index contributed by atoms with van der Waals surface area (Å²) in [6.07, 6.45) is -2.37. The molecular weight excluding hydrogens is 214 g/mol. The maximum absolute atomic E-state index is 12.1. The molecule has 0 bridgehead atoms. The van der Waals surface area contributed by atoms with E-state index in [9.17, 15) is 8.78 Å². The fourth-order valence-electron chi connectivity index (χ4n) is 0.812. The molecule has 0 nitrogen and oxygen atoms in total. The lowest BCUT2D eigenvalue weighted by molar-refractivity contribution is 0.151. The van der Waals surface area contributed by atoms with Crippen molar-refractivity contribution >= 4 is 15.9 Å². The quantitative estimate of drug-likeness (QED) is 0.670. The normalized spacial score (nSPS) is 10.5. The van der Waals surface area contributed by atoms with Gasteiger partial charge in [-0.3, -0.25) is 0 Å². The van der Waals surface area contributed by atoms with Crippen molar-refractivity contribution in [1.82, 2.24) is 0 Å². The first-order chi connectivity index (χ1) is 5.24. The number of rotatable bonds is 2. The number of hydrogen-bond acceptors (Lipinski definition) is 0. The Hall–Kier alpha value is -0.440. The summed E-state index contributed by atoms with van der Waals surface area (Å²) >= 11 is 3.20. The highest BCUT2D eigenvalue weighted by atomic mass is 79.9. The van der Waals surface area contributed by atoms with Gasteiger partial charge in [0.2, 0.25) is 0 Å². The maximum Gasteiger partial charge on any atom is 0.263 e. The van der Waals surface area contributed by atoms with Crippen LogP contribution in [-0.4, -0.2) is 0 Å². The van der Waals surface area contributed by atoms with Crippen LogP contribution < -0.4 is 0 Å². The third kappa shape index (κ3) is 2.26. The molecular formula is C8H7BrF2. The van der Waals surface area contributed by atoms with Crippen molar-refractivity contribution in [1.29, 1.82) is 0 Å². The Labute approximate surface area is 72.4 Å². The van der Waals surface area contributed by atoms with E-state index in [-0.39, 0.29) is 5.56 Å². The van der Waals surface area contributed by atoms with Crippen LogP contribution in [0, 0.1) is 0 Å². The number of alkyl halides is 3. The van der Waals surface area contributed by atoms with Gasteiger partial charge in [0.1, 0.15) is 0 Å². The average molecular weight is 221 g/mol. The smallest absolute Gasteiger partial charge is 0.205 e. The Kier molecular flexibility index (Phi) is 3.00. The molecule has 0 aliphatic rings. The van der Waals surface area contributed by atoms with Crippen molar-refractivity contribution in [2.75, 3.05) is 0 Å². The molecule has 0 radical (unpaired) electrons. The second kappa shape index (κ2) is 3.81. The summed E-state index contributed by atoms with van der Waals surface area (Å²) in [5.74, 6) is 0. The third-order valence-electron chi connectivity index (χ3n) is 1.36. The van der Waals surface area contributed by atoms with E-state index in [0.717, 1.165) is 5.56 Å².